The summed E-state index contributed by atoms with van der Waals surface area (Å²) in [5, 5.41) is 9.07. The summed E-state index contributed by atoms with van der Waals surface area (Å²) in [5.74, 6) is 1.53. The maximum atomic E-state index is 6.13. The van der Waals surface area contributed by atoms with Crippen LogP contribution in [0.2, 0.25) is 10.0 Å². The number of benzene rings is 2. The van der Waals surface area contributed by atoms with Crippen LogP contribution in [0.1, 0.15) is 0 Å². The summed E-state index contributed by atoms with van der Waals surface area (Å²) < 4.78 is 10.8. The fourth-order valence-electron chi connectivity index (χ4n) is 1.85. The van der Waals surface area contributed by atoms with E-state index in [1.807, 2.05) is 24.3 Å². The molecule has 0 amide bonds. The zero-order valence-corrected chi connectivity index (χ0v) is 12.5. The average Bonchev–Trinajstić information content (AvgIpc) is 2.97. The van der Waals surface area contributed by atoms with E-state index in [4.69, 9.17) is 32.4 Å². The van der Waals surface area contributed by atoms with Crippen LogP contribution in [0.4, 0.5) is 0 Å². The van der Waals surface area contributed by atoms with E-state index in [0.29, 0.717) is 27.4 Å². The van der Waals surface area contributed by atoms with Crippen molar-refractivity contribution in [1.82, 2.24) is 10.2 Å². The fourth-order valence-corrected chi connectivity index (χ4v) is 2.33. The van der Waals surface area contributed by atoms with Gasteiger partial charge in [-0.25, -0.2) is 0 Å². The quantitative estimate of drug-likeness (QED) is 0.700. The van der Waals surface area contributed by atoms with Crippen molar-refractivity contribution in [2.45, 2.75) is 0 Å². The smallest absolute Gasteiger partial charge is 0.249 e. The number of nitrogens with zero attached hydrogens (tertiary/aromatic N) is 2. The molecule has 0 bridgehead atoms. The molecule has 1 heterocycles. The number of methoxy groups -OCH3 is 1. The van der Waals surface area contributed by atoms with Crippen LogP contribution in [0.3, 0.4) is 0 Å². The molecule has 0 atom stereocenters. The van der Waals surface area contributed by atoms with Gasteiger partial charge in [0.15, 0.2) is 0 Å². The second-order valence-corrected chi connectivity index (χ2v) is 5.11. The summed E-state index contributed by atoms with van der Waals surface area (Å²) in [6.07, 6.45) is 0. The van der Waals surface area contributed by atoms with E-state index in [1.165, 1.54) is 0 Å². The molecule has 3 rings (SSSR count). The van der Waals surface area contributed by atoms with Gasteiger partial charge in [-0.15, -0.1) is 10.2 Å². The second-order valence-electron chi connectivity index (χ2n) is 4.27. The number of ether oxygens (including phenoxy) is 1. The van der Waals surface area contributed by atoms with Gasteiger partial charge in [0, 0.05) is 10.6 Å². The molecule has 0 aliphatic rings. The Kier molecular flexibility index (Phi) is 3.82. The van der Waals surface area contributed by atoms with Gasteiger partial charge in [0.05, 0.1) is 17.7 Å². The number of aromatic nitrogens is 2. The molecule has 0 unspecified atom stereocenters. The predicted molar refractivity (Wildman–Crippen MR) is 81.7 cm³/mol. The van der Waals surface area contributed by atoms with Gasteiger partial charge in [-0.05, 0) is 42.5 Å². The number of hydrogen-bond acceptors (Lipinski definition) is 4. The summed E-state index contributed by atoms with van der Waals surface area (Å²) in [6, 6.07) is 12.5. The van der Waals surface area contributed by atoms with Gasteiger partial charge in [-0.2, -0.15) is 0 Å². The molecule has 0 fully saturated rings. The lowest BCUT2D eigenvalue weighted by Gasteiger charge is -2.00. The van der Waals surface area contributed by atoms with Crippen molar-refractivity contribution in [1.29, 1.82) is 0 Å². The Balaban J connectivity index is 1.95. The molecule has 0 radical (unpaired) electrons. The van der Waals surface area contributed by atoms with E-state index in [1.54, 1.807) is 25.3 Å². The monoisotopic (exact) mass is 320 g/mol. The fraction of sp³-hybridized carbons (Fsp3) is 0.0667. The molecule has 21 heavy (non-hydrogen) atoms. The molecule has 4 nitrogen and oxygen atoms in total. The molecule has 0 saturated carbocycles. The van der Waals surface area contributed by atoms with Crippen LogP contribution in [0, 0.1) is 0 Å². The van der Waals surface area contributed by atoms with Crippen molar-refractivity contribution in [2.75, 3.05) is 7.11 Å². The first-order valence-corrected chi connectivity index (χ1v) is 6.86. The highest BCUT2D eigenvalue weighted by atomic mass is 35.5. The van der Waals surface area contributed by atoms with Gasteiger partial charge < -0.3 is 9.15 Å². The van der Waals surface area contributed by atoms with Crippen LogP contribution in [0.15, 0.2) is 46.9 Å². The van der Waals surface area contributed by atoms with Crippen LogP contribution in [-0.2, 0) is 0 Å². The van der Waals surface area contributed by atoms with Gasteiger partial charge in [0.1, 0.15) is 5.75 Å². The normalized spacial score (nSPS) is 10.6. The van der Waals surface area contributed by atoms with Crippen molar-refractivity contribution in [3.05, 3.63) is 52.5 Å². The Morgan fingerprint density at radius 2 is 1.67 bits per heavy atom. The van der Waals surface area contributed by atoms with E-state index in [9.17, 15) is 0 Å². The van der Waals surface area contributed by atoms with Crippen LogP contribution >= 0.6 is 23.2 Å². The van der Waals surface area contributed by atoms with E-state index in [0.717, 1.165) is 11.3 Å². The summed E-state index contributed by atoms with van der Waals surface area (Å²) >= 11 is 12.0. The first kappa shape index (κ1) is 13.9. The van der Waals surface area contributed by atoms with Gasteiger partial charge in [0.25, 0.3) is 0 Å². The standard InChI is InChI=1S/C15H10Cl2N2O2/c1-20-11-5-2-9(3-6-11)14-18-19-15(21-14)12-7-4-10(16)8-13(12)17/h2-8H,1H3. The highest BCUT2D eigenvalue weighted by molar-refractivity contribution is 6.36. The minimum Gasteiger partial charge on any atom is -0.497 e. The van der Waals surface area contributed by atoms with Crippen LogP contribution < -0.4 is 4.74 Å². The van der Waals surface area contributed by atoms with Crippen molar-refractivity contribution in [3.63, 3.8) is 0 Å². The Hall–Kier alpha value is -2.04. The molecule has 0 aliphatic heterocycles. The second kappa shape index (κ2) is 5.76. The van der Waals surface area contributed by atoms with Crippen molar-refractivity contribution in [3.8, 4) is 28.7 Å². The van der Waals surface area contributed by atoms with E-state index < -0.39 is 0 Å². The molecule has 3 aromatic rings. The Bertz CT molecular complexity index is 770. The molecular formula is C15H10Cl2N2O2. The molecule has 1 aromatic heterocycles. The Morgan fingerprint density at radius 3 is 2.33 bits per heavy atom. The third-order valence-corrected chi connectivity index (χ3v) is 3.47. The topological polar surface area (TPSA) is 48.2 Å². The van der Waals surface area contributed by atoms with Gasteiger partial charge in [0.2, 0.25) is 11.8 Å². The zero-order valence-electron chi connectivity index (χ0n) is 11.0. The highest BCUT2D eigenvalue weighted by Crippen LogP contribution is 2.31. The minimum absolute atomic E-state index is 0.350. The Labute approximate surface area is 131 Å². The lowest BCUT2D eigenvalue weighted by Crippen LogP contribution is -1.82. The van der Waals surface area contributed by atoms with E-state index >= 15 is 0 Å². The molecule has 0 N–H and O–H groups in total. The maximum Gasteiger partial charge on any atom is 0.249 e. The molecule has 106 valence electrons. The third kappa shape index (κ3) is 2.86. The van der Waals surface area contributed by atoms with Gasteiger partial charge in [-0.3, -0.25) is 0 Å². The van der Waals surface area contributed by atoms with Gasteiger partial charge in [-0.1, -0.05) is 23.2 Å². The van der Waals surface area contributed by atoms with Crippen LogP contribution in [0.25, 0.3) is 22.9 Å². The SMILES string of the molecule is COc1ccc(-c2nnc(-c3ccc(Cl)cc3Cl)o2)cc1. The van der Waals surface area contributed by atoms with Crippen LogP contribution in [0.5, 0.6) is 5.75 Å². The molecular weight excluding hydrogens is 311 g/mol. The zero-order chi connectivity index (χ0) is 14.8. The van der Waals surface area contributed by atoms with Crippen molar-refractivity contribution < 1.29 is 9.15 Å². The maximum absolute atomic E-state index is 6.13. The van der Waals surface area contributed by atoms with E-state index in [2.05, 4.69) is 10.2 Å². The summed E-state index contributed by atoms with van der Waals surface area (Å²) in [7, 11) is 1.61. The summed E-state index contributed by atoms with van der Waals surface area (Å²) in [4.78, 5) is 0. The molecule has 6 heteroatoms. The van der Waals surface area contributed by atoms with Gasteiger partial charge >= 0.3 is 0 Å². The lowest BCUT2D eigenvalue weighted by atomic mass is 10.2. The number of hydrogen-bond donors (Lipinski definition) is 0. The lowest BCUT2D eigenvalue weighted by molar-refractivity contribution is 0.415. The van der Waals surface area contributed by atoms with Crippen molar-refractivity contribution >= 4 is 23.2 Å². The predicted octanol–water partition coefficient (Wildman–Crippen LogP) is 4.72. The highest BCUT2D eigenvalue weighted by Gasteiger charge is 2.13. The number of halogens is 2. The first-order chi connectivity index (χ1) is 10.2. The van der Waals surface area contributed by atoms with Crippen LogP contribution in [-0.4, -0.2) is 17.3 Å². The molecule has 0 spiro atoms. The molecule has 0 aliphatic carbocycles. The average molecular weight is 321 g/mol. The summed E-state index contributed by atoms with van der Waals surface area (Å²) in [5.41, 5.74) is 1.45. The summed E-state index contributed by atoms with van der Waals surface area (Å²) in [6.45, 7) is 0. The van der Waals surface area contributed by atoms with Crippen molar-refractivity contribution in [2.24, 2.45) is 0 Å². The molecule has 2 aromatic carbocycles. The first-order valence-electron chi connectivity index (χ1n) is 6.11. The Morgan fingerprint density at radius 1 is 0.952 bits per heavy atom. The van der Waals surface area contributed by atoms with E-state index in [-0.39, 0.29) is 0 Å². The largest absolute Gasteiger partial charge is 0.497 e. The molecule has 0 saturated heterocycles. The third-order valence-electron chi connectivity index (χ3n) is 2.92. The number of rotatable bonds is 3. The minimum atomic E-state index is 0.350.